The van der Waals surface area contributed by atoms with E-state index in [0.29, 0.717) is 16.9 Å². The SMILES string of the molecule is CC1(N)CCN(c2cnc3c(Oc4ccnc(Cl)c4Cl)n[nH]c3n2)CC1. The number of nitrogens with zero attached hydrogens (tertiary/aromatic N) is 5. The number of H-pyrrole nitrogens is 1. The van der Waals surface area contributed by atoms with Crippen molar-refractivity contribution in [3.8, 4) is 11.6 Å². The summed E-state index contributed by atoms with van der Waals surface area (Å²) in [5.41, 5.74) is 7.12. The lowest BCUT2D eigenvalue weighted by molar-refractivity contribution is 0.363. The summed E-state index contributed by atoms with van der Waals surface area (Å²) in [5, 5.41) is 7.36. The van der Waals surface area contributed by atoms with Gasteiger partial charge in [-0.25, -0.2) is 15.0 Å². The van der Waals surface area contributed by atoms with Crippen LogP contribution in [0.1, 0.15) is 19.8 Å². The first-order valence-corrected chi connectivity index (χ1v) is 8.91. The molecule has 26 heavy (non-hydrogen) atoms. The number of aromatic amines is 1. The van der Waals surface area contributed by atoms with E-state index < -0.39 is 0 Å². The van der Waals surface area contributed by atoms with E-state index in [4.69, 9.17) is 33.7 Å². The first kappa shape index (κ1) is 17.3. The zero-order valence-electron chi connectivity index (χ0n) is 14.0. The summed E-state index contributed by atoms with van der Waals surface area (Å²) in [7, 11) is 0. The molecule has 0 radical (unpaired) electrons. The summed E-state index contributed by atoms with van der Waals surface area (Å²) >= 11 is 12.0. The van der Waals surface area contributed by atoms with Crippen molar-refractivity contribution in [1.82, 2.24) is 25.1 Å². The van der Waals surface area contributed by atoms with Crippen LogP contribution in [-0.2, 0) is 0 Å². The van der Waals surface area contributed by atoms with Gasteiger partial charge in [0.2, 0.25) is 0 Å². The van der Waals surface area contributed by atoms with Gasteiger partial charge >= 0.3 is 0 Å². The summed E-state index contributed by atoms with van der Waals surface area (Å²) in [5.74, 6) is 1.41. The fourth-order valence-corrected chi connectivity index (χ4v) is 3.13. The van der Waals surface area contributed by atoms with Crippen LogP contribution >= 0.6 is 23.2 Å². The molecule has 10 heteroatoms. The fourth-order valence-electron chi connectivity index (χ4n) is 2.83. The lowest BCUT2D eigenvalue weighted by atomic mass is 9.91. The fraction of sp³-hybridized carbons (Fsp3) is 0.375. The van der Waals surface area contributed by atoms with Gasteiger partial charge in [0.1, 0.15) is 10.8 Å². The lowest BCUT2D eigenvalue weighted by Gasteiger charge is -2.37. The molecule has 0 amide bonds. The van der Waals surface area contributed by atoms with Gasteiger partial charge in [0, 0.05) is 30.9 Å². The molecule has 136 valence electrons. The number of halogens is 2. The van der Waals surface area contributed by atoms with Crippen molar-refractivity contribution in [3.05, 3.63) is 28.6 Å². The van der Waals surface area contributed by atoms with Crippen molar-refractivity contribution >= 4 is 40.2 Å². The number of aromatic nitrogens is 5. The number of fused-ring (bicyclic) bond motifs is 1. The summed E-state index contributed by atoms with van der Waals surface area (Å²) < 4.78 is 5.72. The molecule has 8 nitrogen and oxygen atoms in total. The van der Waals surface area contributed by atoms with Crippen LogP contribution in [0.5, 0.6) is 11.6 Å². The molecular formula is C16H17Cl2N7O. The molecule has 0 unspecified atom stereocenters. The Bertz CT molecular complexity index is 949. The molecular weight excluding hydrogens is 377 g/mol. The van der Waals surface area contributed by atoms with Crippen molar-refractivity contribution < 1.29 is 4.74 Å². The Balaban J connectivity index is 1.59. The van der Waals surface area contributed by atoms with Crippen molar-refractivity contribution in [1.29, 1.82) is 0 Å². The molecule has 0 spiro atoms. The summed E-state index contributed by atoms with van der Waals surface area (Å²) in [4.78, 5) is 15.1. The normalized spacial score (nSPS) is 16.8. The van der Waals surface area contributed by atoms with Crippen LogP contribution in [0.3, 0.4) is 0 Å². The highest BCUT2D eigenvalue weighted by Gasteiger charge is 2.27. The summed E-state index contributed by atoms with van der Waals surface area (Å²) in [6, 6.07) is 1.61. The second-order valence-electron chi connectivity index (χ2n) is 6.61. The van der Waals surface area contributed by atoms with E-state index in [2.05, 4.69) is 37.0 Å². The third-order valence-electron chi connectivity index (χ3n) is 4.47. The summed E-state index contributed by atoms with van der Waals surface area (Å²) in [6.07, 6.45) is 5.03. The smallest absolute Gasteiger partial charge is 0.266 e. The molecule has 3 aromatic rings. The molecule has 4 rings (SSSR count). The molecule has 1 aliphatic heterocycles. The van der Waals surface area contributed by atoms with Crippen LogP contribution in [0.4, 0.5) is 5.82 Å². The van der Waals surface area contributed by atoms with Crippen LogP contribution in [0, 0.1) is 0 Å². The number of ether oxygens (including phenoxy) is 1. The molecule has 1 aliphatic rings. The second-order valence-corrected chi connectivity index (χ2v) is 7.35. The molecule has 0 atom stereocenters. The number of hydrogen-bond acceptors (Lipinski definition) is 7. The quantitative estimate of drug-likeness (QED) is 0.658. The molecule has 0 aromatic carbocycles. The molecule has 3 N–H and O–H groups in total. The topological polar surface area (TPSA) is 106 Å². The molecule has 0 saturated carbocycles. The molecule has 1 fully saturated rings. The molecule has 4 heterocycles. The molecule has 1 saturated heterocycles. The van der Waals surface area contributed by atoms with Gasteiger partial charge in [-0.3, -0.25) is 5.10 Å². The van der Waals surface area contributed by atoms with Crippen molar-refractivity contribution in [2.75, 3.05) is 18.0 Å². The van der Waals surface area contributed by atoms with Crippen molar-refractivity contribution in [2.24, 2.45) is 5.73 Å². The minimum absolute atomic E-state index is 0.117. The van der Waals surface area contributed by atoms with Crippen LogP contribution in [0.25, 0.3) is 11.2 Å². The number of anilines is 1. The number of hydrogen-bond donors (Lipinski definition) is 2. The monoisotopic (exact) mass is 393 g/mol. The zero-order valence-corrected chi connectivity index (χ0v) is 15.5. The van der Waals surface area contributed by atoms with Gasteiger partial charge in [-0.2, -0.15) is 0 Å². The first-order valence-electron chi connectivity index (χ1n) is 8.16. The van der Waals surface area contributed by atoms with E-state index in [0.717, 1.165) is 31.7 Å². The highest BCUT2D eigenvalue weighted by molar-refractivity contribution is 6.42. The maximum absolute atomic E-state index is 6.19. The maximum Gasteiger partial charge on any atom is 0.266 e. The zero-order chi connectivity index (χ0) is 18.3. The average Bonchev–Trinajstić information content (AvgIpc) is 3.01. The number of rotatable bonds is 3. The predicted molar refractivity (Wildman–Crippen MR) is 100 cm³/mol. The van der Waals surface area contributed by atoms with E-state index in [1.54, 1.807) is 12.3 Å². The number of piperidine rings is 1. The Kier molecular flexibility index (Phi) is 4.34. The van der Waals surface area contributed by atoms with Crippen LogP contribution < -0.4 is 15.4 Å². The van der Waals surface area contributed by atoms with Gasteiger partial charge in [0.15, 0.2) is 22.1 Å². The lowest BCUT2D eigenvalue weighted by Crippen LogP contribution is -2.48. The first-order chi connectivity index (χ1) is 12.4. The minimum atomic E-state index is -0.117. The highest BCUT2D eigenvalue weighted by Crippen LogP contribution is 2.34. The predicted octanol–water partition coefficient (Wildman–Crippen LogP) is 3.16. The van der Waals surface area contributed by atoms with Gasteiger partial charge in [-0.1, -0.05) is 23.2 Å². The van der Waals surface area contributed by atoms with E-state index in [1.807, 2.05) is 0 Å². The molecule has 3 aromatic heterocycles. The third kappa shape index (κ3) is 3.27. The highest BCUT2D eigenvalue weighted by atomic mass is 35.5. The van der Waals surface area contributed by atoms with Crippen molar-refractivity contribution in [2.45, 2.75) is 25.3 Å². The minimum Gasteiger partial charge on any atom is -0.434 e. The van der Waals surface area contributed by atoms with Gasteiger partial charge < -0.3 is 15.4 Å². The average molecular weight is 394 g/mol. The Labute approximate surface area is 159 Å². The number of nitrogens with one attached hydrogen (secondary N) is 1. The molecule has 0 bridgehead atoms. The Morgan fingerprint density at radius 3 is 2.81 bits per heavy atom. The second kappa shape index (κ2) is 6.53. The summed E-state index contributed by atoms with van der Waals surface area (Å²) in [6.45, 7) is 3.76. The van der Waals surface area contributed by atoms with E-state index in [9.17, 15) is 0 Å². The van der Waals surface area contributed by atoms with Crippen LogP contribution in [-0.4, -0.2) is 43.8 Å². The van der Waals surface area contributed by atoms with E-state index >= 15 is 0 Å². The Hall–Kier alpha value is -2.16. The largest absolute Gasteiger partial charge is 0.434 e. The maximum atomic E-state index is 6.19. The number of nitrogens with two attached hydrogens (primary N) is 1. The Morgan fingerprint density at radius 1 is 1.27 bits per heavy atom. The third-order valence-corrected chi connectivity index (χ3v) is 5.22. The van der Waals surface area contributed by atoms with Crippen LogP contribution in [0.2, 0.25) is 10.2 Å². The van der Waals surface area contributed by atoms with Gasteiger partial charge in [-0.05, 0) is 19.8 Å². The van der Waals surface area contributed by atoms with Crippen molar-refractivity contribution in [3.63, 3.8) is 0 Å². The van der Waals surface area contributed by atoms with E-state index in [-0.39, 0.29) is 21.6 Å². The van der Waals surface area contributed by atoms with Gasteiger partial charge in [0.25, 0.3) is 5.88 Å². The Morgan fingerprint density at radius 2 is 2.04 bits per heavy atom. The van der Waals surface area contributed by atoms with Gasteiger partial charge in [0.05, 0.1) is 6.20 Å². The van der Waals surface area contributed by atoms with Gasteiger partial charge in [-0.15, -0.1) is 5.10 Å². The number of pyridine rings is 1. The van der Waals surface area contributed by atoms with Crippen LogP contribution in [0.15, 0.2) is 18.5 Å². The van der Waals surface area contributed by atoms with E-state index in [1.165, 1.54) is 6.20 Å². The molecule has 0 aliphatic carbocycles. The standard InChI is InChI=1S/C16H17Cl2N7O/c1-16(19)3-6-25(7-4-16)10-8-21-12-14(22-10)23-24-15(12)26-9-2-5-20-13(18)11(9)17/h2,5,8H,3-4,6-7,19H2,1H3,(H,22,23,24).